The van der Waals surface area contributed by atoms with Crippen LogP contribution >= 0.6 is 11.6 Å². The van der Waals surface area contributed by atoms with Crippen LogP contribution in [0.3, 0.4) is 0 Å². The normalized spacial score (nSPS) is 10.6. The Balaban J connectivity index is 2.66. The van der Waals surface area contributed by atoms with E-state index in [-0.39, 0.29) is 16.4 Å². The highest BCUT2D eigenvalue weighted by Crippen LogP contribution is 2.27. The van der Waals surface area contributed by atoms with Gasteiger partial charge in [-0.3, -0.25) is 0 Å². The Morgan fingerprint density at radius 3 is 2.93 bits per heavy atom. The number of carbonyl (C=O) groups excluding carboxylic acids is 1. The fraction of sp³-hybridized carbons (Fsp3) is 0.100. The summed E-state index contributed by atoms with van der Waals surface area (Å²) in [6.45, 7) is 0. The smallest absolute Gasteiger partial charge is 0.373 e. The molecule has 0 spiro atoms. The van der Waals surface area contributed by atoms with Crippen LogP contribution in [0.5, 0.6) is 0 Å². The number of benzene rings is 1. The largest absolute Gasteiger partial charge is 0.463 e. The van der Waals surface area contributed by atoms with Crippen molar-refractivity contribution in [1.29, 1.82) is 0 Å². The molecule has 1 heterocycles. The Bertz CT molecular complexity index is 533. The van der Waals surface area contributed by atoms with E-state index < -0.39 is 11.8 Å². The zero-order valence-corrected chi connectivity index (χ0v) is 8.47. The highest BCUT2D eigenvalue weighted by molar-refractivity contribution is 6.31. The minimum absolute atomic E-state index is 0.0390. The van der Waals surface area contributed by atoms with E-state index in [0.717, 1.165) is 0 Å². The predicted molar refractivity (Wildman–Crippen MR) is 52.5 cm³/mol. The molecule has 1 aromatic heterocycles. The van der Waals surface area contributed by atoms with Crippen LogP contribution in [-0.2, 0) is 4.74 Å². The molecule has 2 rings (SSSR count). The summed E-state index contributed by atoms with van der Waals surface area (Å²) in [6, 6.07) is 4.37. The number of hydrogen-bond donors (Lipinski definition) is 0. The molecule has 1 aromatic carbocycles. The summed E-state index contributed by atoms with van der Waals surface area (Å²) in [4.78, 5) is 11.1. The van der Waals surface area contributed by atoms with Gasteiger partial charge in [-0.05, 0) is 18.2 Å². The summed E-state index contributed by atoms with van der Waals surface area (Å²) in [5, 5.41) is 0.422. The van der Waals surface area contributed by atoms with E-state index in [1.54, 1.807) is 6.07 Å². The van der Waals surface area contributed by atoms with Gasteiger partial charge in [-0.25, -0.2) is 9.18 Å². The van der Waals surface area contributed by atoms with Crippen LogP contribution < -0.4 is 0 Å². The number of ether oxygens (including phenoxy) is 1. The summed E-state index contributed by atoms with van der Waals surface area (Å²) in [7, 11) is 1.22. The van der Waals surface area contributed by atoms with E-state index in [4.69, 9.17) is 16.0 Å². The molecular weight excluding hydrogens is 223 g/mol. The second kappa shape index (κ2) is 3.55. The van der Waals surface area contributed by atoms with E-state index in [9.17, 15) is 9.18 Å². The Hall–Kier alpha value is -1.55. The van der Waals surface area contributed by atoms with E-state index in [1.165, 1.54) is 19.2 Å². The van der Waals surface area contributed by atoms with Gasteiger partial charge >= 0.3 is 5.97 Å². The molecule has 3 nitrogen and oxygen atoms in total. The second-order valence-corrected chi connectivity index (χ2v) is 3.29. The summed E-state index contributed by atoms with van der Waals surface area (Å²) in [5.74, 6) is -1.38. The maximum atomic E-state index is 13.4. The number of furan rings is 1. The lowest BCUT2D eigenvalue weighted by molar-refractivity contribution is 0.0567. The van der Waals surface area contributed by atoms with Crippen molar-refractivity contribution in [1.82, 2.24) is 0 Å². The van der Waals surface area contributed by atoms with Crippen molar-refractivity contribution in [2.24, 2.45) is 0 Å². The number of esters is 1. The second-order valence-electron chi connectivity index (χ2n) is 2.88. The monoisotopic (exact) mass is 228 g/mol. The molecule has 0 aliphatic heterocycles. The topological polar surface area (TPSA) is 39.4 Å². The third kappa shape index (κ3) is 1.57. The lowest BCUT2D eigenvalue weighted by Crippen LogP contribution is -1.97. The van der Waals surface area contributed by atoms with Crippen LogP contribution in [0.15, 0.2) is 22.6 Å². The third-order valence-corrected chi connectivity index (χ3v) is 2.26. The zero-order chi connectivity index (χ0) is 11.0. The number of methoxy groups -OCH3 is 1. The first-order valence-corrected chi connectivity index (χ1v) is 4.47. The fourth-order valence-electron chi connectivity index (χ4n) is 1.25. The standard InChI is InChI=1S/C10H6ClFO3/c1-14-10(13)7-4-5-2-3-6(11)8(12)9(5)15-7/h2-4H,1H3. The molecule has 78 valence electrons. The minimum atomic E-state index is -0.677. The SMILES string of the molecule is COC(=O)c1cc2ccc(Cl)c(F)c2o1. The van der Waals surface area contributed by atoms with Gasteiger partial charge in [-0.15, -0.1) is 0 Å². The van der Waals surface area contributed by atoms with Crippen molar-refractivity contribution < 1.29 is 18.3 Å². The Kier molecular flexibility index (Phi) is 2.36. The number of hydrogen-bond acceptors (Lipinski definition) is 3. The zero-order valence-electron chi connectivity index (χ0n) is 7.71. The molecule has 5 heteroatoms. The molecule has 0 aliphatic rings. The van der Waals surface area contributed by atoms with Crippen LogP contribution in [0.1, 0.15) is 10.6 Å². The lowest BCUT2D eigenvalue weighted by atomic mass is 10.2. The van der Waals surface area contributed by atoms with E-state index in [2.05, 4.69) is 4.74 Å². The number of carbonyl (C=O) groups is 1. The molecule has 0 saturated carbocycles. The highest BCUT2D eigenvalue weighted by Gasteiger charge is 2.16. The Morgan fingerprint density at radius 1 is 1.53 bits per heavy atom. The van der Waals surface area contributed by atoms with Crippen molar-refractivity contribution >= 4 is 28.5 Å². The maximum absolute atomic E-state index is 13.4. The first kappa shape index (κ1) is 9.98. The van der Waals surface area contributed by atoms with Crippen molar-refractivity contribution in [2.45, 2.75) is 0 Å². The van der Waals surface area contributed by atoms with Gasteiger partial charge in [-0.1, -0.05) is 11.6 Å². The van der Waals surface area contributed by atoms with Crippen LogP contribution in [0.4, 0.5) is 4.39 Å². The number of halogens is 2. The van der Waals surface area contributed by atoms with Gasteiger partial charge in [-0.2, -0.15) is 0 Å². The molecule has 0 aliphatic carbocycles. The number of fused-ring (bicyclic) bond motifs is 1. The molecule has 0 atom stereocenters. The van der Waals surface area contributed by atoms with Gasteiger partial charge in [0.1, 0.15) is 0 Å². The molecule has 0 amide bonds. The third-order valence-electron chi connectivity index (χ3n) is 1.97. The van der Waals surface area contributed by atoms with Gasteiger partial charge in [0.05, 0.1) is 12.1 Å². The molecule has 0 fully saturated rings. The maximum Gasteiger partial charge on any atom is 0.373 e. The molecule has 0 bridgehead atoms. The van der Waals surface area contributed by atoms with Crippen molar-refractivity contribution in [3.8, 4) is 0 Å². The first-order chi connectivity index (χ1) is 7.13. The van der Waals surface area contributed by atoms with Gasteiger partial charge in [0.2, 0.25) is 5.76 Å². The fourth-order valence-corrected chi connectivity index (χ4v) is 1.40. The Labute approximate surface area is 89.4 Å². The molecule has 0 N–H and O–H groups in total. The van der Waals surface area contributed by atoms with E-state index in [1.807, 2.05) is 0 Å². The minimum Gasteiger partial charge on any atom is -0.463 e. The van der Waals surface area contributed by atoms with Gasteiger partial charge in [0.25, 0.3) is 0 Å². The van der Waals surface area contributed by atoms with Crippen molar-refractivity contribution in [3.63, 3.8) is 0 Å². The molecule has 2 aromatic rings. The average molecular weight is 229 g/mol. The molecular formula is C10H6ClFO3. The van der Waals surface area contributed by atoms with Crippen LogP contribution in [0.25, 0.3) is 11.0 Å². The summed E-state index contributed by atoms with van der Waals surface area (Å²) in [6.07, 6.45) is 0. The quantitative estimate of drug-likeness (QED) is 0.705. The molecule has 0 saturated heterocycles. The number of rotatable bonds is 1. The van der Waals surface area contributed by atoms with Gasteiger partial charge in [0, 0.05) is 5.39 Å². The van der Waals surface area contributed by atoms with Crippen molar-refractivity contribution in [2.75, 3.05) is 7.11 Å². The summed E-state index contributed by atoms with van der Waals surface area (Å²) in [5.41, 5.74) is -0.0390. The van der Waals surface area contributed by atoms with Gasteiger partial charge in [0.15, 0.2) is 11.4 Å². The molecule has 0 radical (unpaired) electrons. The van der Waals surface area contributed by atoms with E-state index in [0.29, 0.717) is 5.39 Å². The average Bonchev–Trinajstić information content (AvgIpc) is 2.67. The lowest BCUT2D eigenvalue weighted by Gasteiger charge is -1.93. The summed E-state index contributed by atoms with van der Waals surface area (Å²) < 4.78 is 22.8. The Morgan fingerprint density at radius 2 is 2.27 bits per heavy atom. The molecule has 15 heavy (non-hydrogen) atoms. The summed E-state index contributed by atoms with van der Waals surface area (Å²) >= 11 is 5.56. The van der Waals surface area contributed by atoms with E-state index >= 15 is 0 Å². The van der Waals surface area contributed by atoms with Crippen LogP contribution in [0.2, 0.25) is 5.02 Å². The van der Waals surface area contributed by atoms with Crippen molar-refractivity contribution in [3.05, 3.63) is 34.8 Å². The highest BCUT2D eigenvalue weighted by atomic mass is 35.5. The predicted octanol–water partition coefficient (Wildman–Crippen LogP) is 3.01. The van der Waals surface area contributed by atoms with Gasteiger partial charge < -0.3 is 9.15 Å². The van der Waals surface area contributed by atoms with Crippen LogP contribution in [-0.4, -0.2) is 13.1 Å². The van der Waals surface area contributed by atoms with Crippen LogP contribution in [0, 0.1) is 5.82 Å². The molecule has 0 unspecified atom stereocenters. The first-order valence-electron chi connectivity index (χ1n) is 4.09.